The fraction of sp³-hybridized carbons (Fsp3) is 0.833. The lowest BCUT2D eigenvalue weighted by atomic mass is 9.85. The molecule has 7 heteroatoms. The normalized spacial score (nSPS) is 23.8. The molecule has 1 aliphatic rings. The van der Waals surface area contributed by atoms with E-state index in [0.717, 1.165) is 32.2 Å². The molecular weight excluding hydrogens is 246 g/mol. The van der Waals surface area contributed by atoms with E-state index in [9.17, 15) is 9.59 Å². The summed E-state index contributed by atoms with van der Waals surface area (Å²) in [4.78, 5) is 23.9. The highest BCUT2D eigenvalue weighted by atomic mass is 16.2. The number of carbonyl (C=O) groups is 2. The van der Waals surface area contributed by atoms with Gasteiger partial charge in [0.25, 0.3) is 0 Å². The summed E-state index contributed by atoms with van der Waals surface area (Å²) in [6.07, 6.45) is 3.97. The zero-order chi connectivity index (χ0) is 14.4. The fourth-order valence-electron chi connectivity index (χ4n) is 2.81. The maximum atomic E-state index is 11.0. The van der Waals surface area contributed by atoms with Gasteiger partial charge in [-0.05, 0) is 31.6 Å². The van der Waals surface area contributed by atoms with Crippen LogP contribution in [0.2, 0.25) is 0 Å². The van der Waals surface area contributed by atoms with Crippen molar-refractivity contribution in [2.45, 2.75) is 31.7 Å². The number of nitrogens with zero attached hydrogens (tertiary/aromatic N) is 2. The Morgan fingerprint density at radius 3 is 1.89 bits per heavy atom. The predicted molar refractivity (Wildman–Crippen MR) is 72.5 cm³/mol. The number of hydrogen-bond acceptors (Lipinski definition) is 5. The molecule has 1 aliphatic carbocycles. The molecule has 0 aromatic rings. The number of rotatable bonds is 7. The van der Waals surface area contributed by atoms with Crippen LogP contribution >= 0.6 is 0 Å². The summed E-state index contributed by atoms with van der Waals surface area (Å²) < 4.78 is 0. The van der Waals surface area contributed by atoms with Crippen molar-refractivity contribution < 1.29 is 9.59 Å². The lowest BCUT2D eigenvalue weighted by Crippen LogP contribution is -2.47. The Kier molecular flexibility index (Phi) is 6.20. The first kappa shape index (κ1) is 15.9. The molecule has 0 saturated heterocycles. The van der Waals surface area contributed by atoms with Crippen molar-refractivity contribution in [2.75, 3.05) is 26.7 Å². The van der Waals surface area contributed by atoms with Crippen LogP contribution in [0.5, 0.6) is 0 Å². The molecule has 0 heterocycles. The second-order valence-corrected chi connectivity index (χ2v) is 5.45. The molecule has 0 radical (unpaired) electrons. The molecule has 1 saturated carbocycles. The summed E-state index contributed by atoms with van der Waals surface area (Å²) in [5.41, 5.74) is 10.4. The van der Waals surface area contributed by atoms with Gasteiger partial charge in [-0.2, -0.15) is 0 Å². The lowest BCUT2D eigenvalue weighted by Gasteiger charge is -2.36. The summed E-state index contributed by atoms with van der Waals surface area (Å²) in [5.74, 6) is 5.38. The SMILES string of the molecule is CN(N)CC1CCC(N(CC(N)=O)CC(N)=O)CC1. The first-order valence-corrected chi connectivity index (χ1v) is 6.65. The van der Waals surface area contributed by atoms with Crippen molar-refractivity contribution in [1.82, 2.24) is 9.91 Å². The van der Waals surface area contributed by atoms with Gasteiger partial charge in [0.1, 0.15) is 0 Å². The van der Waals surface area contributed by atoms with Crippen molar-refractivity contribution in [3.05, 3.63) is 0 Å². The highest BCUT2D eigenvalue weighted by Crippen LogP contribution is 2.27. The molecule has 0 aromatic heterocycles. The molecule has 0 aromatic carbocycles. The van der Waals surface area contributed by atoms with Gasteiger partial charge < -0.3 is 11.5 Å². The summed E-state index contributed by atoms with van der Waals surface area (Å²) in [6.45, 7) is 1.06. The summed E-state index contributed by atoms with van der Waals surface area (Å²) in [7, 11) is 1.86. The van der Waals surface area contributed by atoms with Crippen LogP contribution in [0.4, 0.5) is 0 Å². The molecule has 0 unspecified atom stereocenters. The second-order valence-electron chi connectivity index (χ2n) is 5.45. The van der Waals surface area contributed by atoms with Crippen LogP contribution in [0.25, 0.3) is 0 Å². The molecule has 2 amide bonds. The number of primary amides is 2. The Hall–Kier alpha value is -1.18. The van der Waals surface area contributed by atoms with Gasteiger partial charge in [-0.15, -0.1) is 0 Å². The van der Waals surface area contributed by atoms with Crippen molar-refractivity contribution >= 4 is 11.8 Å². The minimum absolute atomic E-state index is 0.0923. The lowest BCUT2D eigenvalue weighted by molar-refractivity contribution is -0.123. The molecule has 0 atom stereocenters. The summed E-state index contributed by atoms with van der Waals surface area (Å²) in [6, 6.07) is 0.208. The Morgan fingerprint density at radius 1 is 1.05 bits per heavy atom. The Labute approximate surface area is 114 Å². The number of carbonyl (C=O) groups excluding carboxylic acids is 2. The van der Waals surface area contributed by atoms with Crippen LogP contribution in [-0.4, -0.2) is 54.4 Å². The van der Waals surface area contributed by atoms with Crippen LogP contribution in [-0.2, 0) is 9.59 Å². The molecule has 6 N–H and O–H groups in total. The van der Waals surface area contributed by atoms with Crippen LogP contribution in [0.15, 0.2) is 0 Å². The molecule has 1 fully saturated rings. The van der Waals surface area contributed by atoms with Crippen LogP contribution < -0.4 is 17.3 Å². The van der Waals surface area contributed by atoms with E-state index in [0.29, 0.717) is 5.92 Å². The Bertz CT molecular complexity index is 297. The molecule has 19 heavy (non-hydrogen) atoms. The fourth-order valence-corrected chi connectivity index (χ4v) is 2.81. The largest absolute Gasteiger partial charge is 0.369 e. The van der Waals surface area contributed by atoms with Crippen molar-refractivity contribution in [1.29, 1.82) is 0 Å². The van der Waals surface area contributed by atoms with E-state index in [4.69, 9.17) is 17.3 Å². The third-order valence-electron chi connectivity index (χ3n) is 3.60. The number of hydrogen-bond donors (Lipinski definition) is 3. The highest BCUT2D eigenvalue weighted by Gasteiger charge is 2.27. The van der Waals surface area contributed by atoms with E-state index in [1.54, 1.807) is 9.91 Å². The zero-order valence-electron chi connectivity index (χ0n) is 11.5. The van der Waals surface area contributed by atoms with E-state index in [1.165, 1.54) is 0 Å². The van der Waals surface area contributed by atoms with Gasteiger partial charge in [0.05, 0.1) is 13.1 Å². The van der Waals surface area contributed by atoms with Gasteiger partial charge in [0.15, 0.2) is 0 Å². The summed E-state index contributed by atoms with van der Waals surface area (Å²) in [5, 5.41) is 1.70. The third kappa shape index (κ3) is 6.00. The van der Waals surface area contributed by atoms with E-state index in [1.807, 2.05) is 7.05 Å². The zero-order valence-corrected chi connectivity index (χ0v) is 11.5. The average Bonchev–Trinajstić information content (AvgIpc) is 2.27. The molecular formula is C12H25N5O2. The average molecular weight is 271 g/mol. The van der Waals surface area contributed by atoms with E-state index in [-0.39, 0.29) is 19.1 Å². The highest BCUT2D eigenvalue weighted by molar-refractivity contribution is 5.79. The van der Waals surface area contributed by atoms with Crippen LogP contribution in [0.1, 0.15) is 25.7 Å². The van der Waals surface area contributed by atoms with Gasteiger partial charge >= 0.3 is 0 Å². The quantitative estimate of drug-likeness (QED) is 0.389. The van der Waals surface area contributed by atoms with Gasteiger partial charge in [0.2, 0.25) is 11.8 Å². The molecule has 0 bridgehead atoms. The first-order valence-electron chi connectivity index (χ1n) is 6.65. The number of nitrogens with two attached hydrogens (primary N) is 3. The second kappa shape index (κ2) is 7.42. The molecule has 0 spiro atoms. The topological polar surface area (TPSA) is 119 Å². The molecule has 110 valence electrons. The maximum Gasteiger partial charge on any atom is 0.231 e. The maximum absolute atomic E-state index is 11.0. The van der Waals surface area contributed by atoms with Gasteiger partial charge in [-0.1, -0.05) is 0 Å². The predicted octanol–water partition coefficient (Wildman–Crippen LogP) is -1.38. The van der Waals surface area contributed by atoms with E-state index >= 15 is 0 Å². The monoisotopic (exact) mass is 271 g/mol. The molecule has 0 aliphatic heterocycles. The van der Waals surface area contributed by atoms with Gasteiger partial charge in [-0.25, -0.2) is 5.01 Å². The van der Waals surface area contributed by atoms with E-state index in [2.05, 4.69) is 0 Å². The van der Waals surface area contributed by atoms with Gasteiger partial charge in [-0.3, -0.25) is 20.3 Å². The van der Waals surface area contributed by atoms with Crippen molar-refractivity contribution in [3.8, 4) is 0 Å². The number of amides is 2. The Balaban J connectivity index is 2.48. The summed E-state index contributed by atoms with van der Waals surface area (Å²) >= 11 is 0. The first-order chi connectivity index (χ1) is 8.88. The minimum atomic E-state index is -0.426. The minimum Gasteiger partial charge on any atom is -0.369 e. The van der Waals surface area contributed by atoms with Gasteiger partial charge in [0, 0.05) is 19.6 Å². The van der Waals surface area contributed by atoms with Crippen LogP contribution in [0, 0.1) is 5.92 Å². The third-order valence-corrected chi connectivity index (χ3v) is 3.60. The molecule has 7 nitrogen and oxygen atoms in total. The molecule has 1 rings (SSSR count). The smallest absolute Gasteiger partial charge is 0.231 e. The van der Waals surface area contributed by atoms with Crippen LogP contribution in [0.3, 0.4) is 0 Å². The Morgan fingerprint density at radius 2 is 1.53 bits per heavy atom. The van der Waals surface area contributed by atoms with Crippen molar-refractivity contribution in [2.24, 2.45) is 23.2 Å². The van der Waals surface area contributed by atoms with Crippen molar-refractivity contribution in [3.63, 3.8) is 0 Å². The van der Waals surface area contributed by atoms with E-state index < -0.39 is 11.8 Å². The number of hydrazine groups is 1. The standard InChI is InChI=1S/C12H25N5O2/c1-16(15)6-9-2-4-10(5-3-9)17(7-11(13)18)8-12(14)19/h9-10H,2-8,15H2,1H3,(H2,13,18)(H2,14,19).